The van der Waals surface area contributed by atoms with E-state index in [1.807, 2.05) is 38.1 Å². The lowest BCUT2D eigenvalue weighted by molar-refractivity contribution is -0.123. The third-order valence-corrected chi connectivity index (χ3v) is 5.92. The molecule has 2 amide bonds. The van der Waals surface area contributed by atoms with Crippen LogP contribution in [0, 0.1) is 6.92 Å². The van der Waals surface area contributed by atoms with Crippen LogP contribution in [0.3, 0.4) is 0 Å². The van der Waals surface area contributed by atoms with Crippen LogP contribution in [0.1, 0.15) is 30.6 Å². The van der Waals surface area contributed by atoms with Crippen LogP contribution in [-0.2, 0) is 16.0 Å². The summed E-state index contributed by atoms with van der Waals surface area (Å²) >= 11 is 12.1. The van der Waals surface area contributed by atoms with Crippen molar-refractivity contribution in [3.63, 3.8) is 0 Å². The average Bonchev–Trinajstić information content (AvgIpc) is 3.21. The van der Waals surface area contributed by atoms with Crippen LogP contribution < -0.4 is 10.6 Å². The van der Waals surface area contributed by atoms with E-state index in [9.17, 15) is 9.59 Å². The summed E-state index contributed by atoms with van der Waals surface area (Å²) in [6.07, 6.45) is 0.635. The smallest absolute Gasteiger partial charge is 0.251 e. The first-order valence-electron chi connectivity index (χ1n) is 9.62. The SMILES string of the molecule is CCc1nn2c(c1-c1ccc(C)cc1)NC(=O)C2CC(=O)Nc1cccc(Cl)c1Cl. The predicted octanol–water partition coefficient (Wildman–Crippen LogP) is 5.25. The highest BCUT2D eigenvalue weighted by atomic mass is 35.5. The lowest BCUT2D eigenvalue weighted by Crippen LogP contribution is -2.24. The Morgan fingerprint density at radius 1 is 1.20 bits per heavy atom. The number of amides is 2. The van der Waals surface area contributed by atoms with Crippen molar-refractivity contribution in [1.29, 1.82) is 0 Å². The van der Waals surface area contributed by atoms with Gasteiger partial charge in [0.15, 0.2) is 0 Å². The van der Waals surface area contributed by atoms with Gasteiger partial charge in [-0.1, -0.05) is 66.0 Å². The van der Waals surface area contributed by atoms with Gasteiger partial charge >= 0.3 is 0 Å². The van der Waals surface area contributed by atoms with E-state index in [0.29, 0.717) is 22.9 Å². The molecule has 0 aliphatic carbocycles. The highest BCUT2D eigenvalue weighted by Crippen LogP contribution is 2.39. The van der Waals surface area contributed by atoms with Gasteiger partial charge in [0, 0.05) is 5.56 Å². The van der Waals surface area contributed by atoms with Gasteiger partial charge in [0.05, 0.1) is 27.8 Å². The van der Waals surface area contributed by atoms with E-state index in [-0.39, 0.29) is 23.3 Å². The number of fused-ring (bicyclic) bond motifs is 1. The number of aryl methyl sites for hydroxylation is 2. The Morgan fingerprint density at radius 3 is 2.63 bits per heavy atom. The van der Waals surface area contributed by atoms with Gasteiger partial charge in [0.1, 0.15) is 11.9 Å². The van der Waals surface area contributed by atoms with E-state index >= 15 is 0 Å². The van der Waals surface area contributed by atoms with Crippen molar-refractivity contribution in [2.75, 3.05) is 10.6 Å². The van der Waals surface area contributed by atoms with Crippen LogP contribution in [-0.4, -0.2) is 21.6 Å². The summed E-state index contributed by atoms with van der Waals surface area (Å²) in [5.74, 6) is 0.0118. The van der Waals surface area contributed by atoms with Crippen molar-refractivity contribution in [2.45, 2.75) is 32.7 Å². The van der Waals surface area contributed by atoms with Gasteiger partial charge in [-0.3, -0.25) is 9.59 Å². The molecule has 0 saturated heterocycles. The summed E-state index contributed by atoms with van der Waals surface area (Å²) < 4.78 is 1.62. The van der Waals surface area contributed by atoms with E-state index in [1.54, 1.807) is 22.9 Å². The number of nitrogens with zero attached hydrogens (tertiary/aromatic N) is 2. The zero-order valence-corrected chi connectivity index (χ0v) is 18.0. The van der Waals surface area contributed by atoms with Crippen LogP contribution >= 0.6 is 23.2 Å². The van der Waals surface area contributed by atoms with Crippen molar-refractivity contribution in [3.8, 4) is 11.1 Å². The van der Waals surface area contributed by atoms with Gasteiger partial charge in [-0.2, -0.15) is 5.10 Å². The molecule has 0 spiro atoms. The Labute approximate surface area is 184 Å². The molecular weight excluding hydrogens is 423 g/mol. The normalized spacial score (nSPS) is 15.1. The van der Waals surface area contributed by atoms with E-state index in [0.717, 1.165) is 22.4 Å². The second kappa shape index (κ2) is 8.13. The maximum atomic E-state index is 12.6. The molecule has 3 aromatic rings. The molecule has 1 aliphatic heterocycles. The Bertz CT molecular complexity index is 1140. The third kappa shape index (κ3) is 3.68. The summed E-state index contributed by atoms with van der Waals surface area (Å²) in [6.45, 7) is 4.04. The first-order chi connectivity index (χ1) is 14.4. The zero-order chi connectivity index (χ0) is 21.4. The first kappa shape index (κ1) is 20.4. The monoisotopic (exact) mass is 442 g/mol. The lowest BCUT2D eigenvalue weighted by Gasteiger charge is -2.11. The zero-order valence-electron chi connectivity index (χ0n) is 16.5. The number of carbonyl (C=O) groups is 2. The lowest BCUT2D eigenvalue weighted by atomic mass is 10.0. The van der Waals surface area contributed by atoms with Gasteiger partial charge in [0.2, 0.25) is 5.91 Å². The molecule has 1 aliphatic rings. The van der Waals surface area contributed by atoms with Crippen LogP contribution in [0.15, 0.2) is 42.5 Å². The van der Waals surface area contributed by atoms with Crippen LogP contribution in [0.4, 0.5) is 11.5 Å². The summed E-state index contributed by atoms with van der Waals surface area (Å²) in [7, 11) is 0. The van der Waals surface area contributed by atoms with Gasteiger partial charge < -0.3 is 10.6 Å². The fourth-order valence-electron chi connectivity index (χ4n) is 3.57. The topological polar surface area (TPSA) is 76.0 Å². The molecule has 2 aromatic carbocycles. The molecule has 0 saturated carbocycles. The van der Waals surface area contributed by atoms with Crippen molar-refractivity contribution >= 4 is 46.5 Å². The van der Waals surface area contributed by atoms with Gasteiger partial charge in [-0.05, 0) is 31.0 Å². The maximum Gasteiger partial charge on any atom is 0.251 e. The summed E-state index contributed by atoms with van der Waals surface area (Å²) in [6, 6.07) is 12.3. The molecule has 1 atom stereocenters. The molecule has 2 N–H and O–H groups in total. The summed E-state index contributed by atoms with van der Waals surface area (Å²) in [4.78, 5) is 25.3. The molecule has 1 aromatic heterocycles. The number of hydrogen-bond donors (Lipinski definition) is 2. The minimum Gasteiger partial charge on any atom is -0.325 e. The predicted molar refractivity (Wildman–Crippen MR) is 119 cm³/mol. The van der Waals surface area contributed by atoms with E-state index < -0.39 is 6.04 Å². The fourth-order valence-corrected chi connectivity index (χ4v) is 3.91. The Morgan fingerprint density at radius 2 is 1.93 bits per heavy atom. The molecule has 0 bridgehead atoms. The van der Waals surface area contributed by atoms with Crippen LogP contribution in [0.2, 0.25) is 10.0 Å². The number of benzene rings is 2. The van der Waals surface area contributed by atoms with Crippen LogP contribution in [0.25, 0.3) is 11.1 Å². The van der Waals surface area contributed by atoms with E-state index in [4.69, 9.17) is 23.2 Å². The van der Waals surface area contributed by atoms with Crippen LogP contribution in [0.5, 0.6) is 0 Å². The number of rotatable bonds is 5. The number of nitrogens with one attached hydrogen (secondary N) is 2. The molecule has 8 heteroatoms. The molecule has 0 fully saturated rings. The van der Waals surface area contributed by atoms with Crippen molar-refractivity contribution in [2.24, 2.45) is 0 Å². The van der Waals surface area contributed by atoms with Gasteiger partial charge in [-0.15, -0.1) is 0 Å². The van der Waals surface area contributed by atoms with Gasteiger partial charge in [-0.25, -0.2) is 4.68 Å². The number of aromatic nitrogens is 2. The largest absolute Gasteiger partial charge is 0.325 e. The minimum absolute atomic E-state index is 0.0696. The Hall–Kier alpha value is -2.83. The summed E-state index contributed by atoms with van der Waals surface area (Å²) in [5, 5.41) is 10.9. The molecule has 0 radical (unpaired) electrons. The Balaban J connectivity index is 1.62. The molecule has 4 rings (SSSR count). The first-order valence-corrected chi connectivity index (χ1v) is 10.4. The quantitative estimate of drug-likeness (QED) is 0.566. The number of halogens is 2. The number of anilines is 2. The molecular formula is C22H20Cl2N4O2. The minimum atomic E-state index is -0.734. The highest BCUT2D eigenvalue weighted by molar-refractivity contribution is 6.44. The fraction of sp³-hybridized carbons (Fsp3) is 0.227. The molecule has 1 unspecified atom stereocenters. The second-order valence-corrected chi connectivity index (χ2v) is 7.98. The maximum absolute atomic E-state index is 12.6. The van der Waals surface area contributed by atoms with Crippen molar-refractivity contribution in [1.82, 2.24) is 9.78 Å². The van der Waals surface area contributed by atoms with Crippen molar-refractivity contribution < 1.29 is 9.59 Å². The van der Waals surface area contributed by atoms with Gasteiger partial charge in [0.25, 0.3) is 5.91 Å². The average molecular weight is 443 g/mol. The number of hydrogen-bond acceptors (Lipinski definition) is 3. The molecule has 2 heterocycles. The van der Waals surface area contributed by atoms with E-state index in [2.05, 4.69) is 15.7 Å². The number of carbonyl (C=O) groups excluding carboxylic acids is 2. The molecule has 6 nitrogen and oxygen atoms in total. The second-order valence-electron chi connectivity index (χ2n) is 7.19. The van der Waals surface area contributed by atoms with E-state index in [1.165, 1.54) is 0 Å². The standard InChI is InChI=1S/C22H20Cl2N4O2/c1-3-15-19(13-9-7-12(2)8-10-13)21-26-22(30)17(28(21)27-15)11-18(29)25-16-6-4-5-14(23)20(16)24/h4-10,17H,3,11H2,1-2H3,(H,25,29)(H,26,30). The Kier molecular flexibility index (Phi) is 5.54. The highest BCUT2D eigenvalue weighted by Gasteiger charge is 2.36. The third-order valence-electron chi connectivity index (χ3n) is 5.10. The molecule has 154 valence electrons. The molecule has 30 heavy (non-hydrogen) atoms. The van der Waals surface area contributed by atoms with Crippen molar-refractivity contribution in [3.05, 3.63) is 63.8 Å². The summed E-state index contributed by atoms with van der Waals surface area (Å²) in [5.41, 5.74) is 4.31.